The molecule has 140 valence electrons. The van der Waals surface area contributed by atoms with Gasteiger partial charge in [-0.2, -0.15) is 0 Å². The van der Waals surface area contributed by atoms with E-state index < -0.39 is 9.98 Å². The molecule has 0 aliphatic carbocycles. The number of nitrogens with zero attached hydrogens (tertiary/aromatic N) is 2. The maximum Gasteiger partial charge on any atom is 0.274 e. The number of ether oxygens (including phenoxy) is 2. The predicted octanol–water partition coefficient (Wildman–Crippen LogP) is 5.08. The van der Waals surface area contributed by atoms with Crippen molar-refractivity contribution < 1.29 is 14.4 Å². The highest BCUT2D eigenvalue weighted by Gasteiger charge is 2.50. The van der Waals surface area contributed by atoms with Crippen molar-refractivity contribution in [1.29, 1.82) is 0 Å². The fourth-order valence-electron chi connectivity index (χ4n) is 3.63. The summed E-state index contributed by atoms with van der Waals surface area (Å²) < 4.78 is 12.0. The summed E-state index contributed by atoms with van der Waals surface area (Å²) >= 11 is 1.65. The van der Waals surface area contributed by atoms with Crippen LogP contribution in [0.4, 0.5) is 11.4 Å². The predicted molar refractivity (Wildman–Crippen MR) is 107 cm³/mol. The van der Waals surface area contributed by atoms with Crippen molar-refractivity contribution in [2.45, 2.75) is 29.7 Å². The average molecular weight is 384 g/mol. The maximum absolute atomic E-state index is 11.3. The number of rotatable bonds is 4. The third-order valence-electron chi connectivity index (χ3n) is 4.91. The van der Waals surface area contributed by atoms with Gasteiger partial charge in [-0.25, -0.2) is 0 Å². The Balaban J connectivity index is 1.89. The Morgan fingerprint density at radius 2 is 2.11 bits per heavy atom. The van der Waals surface area contributed by atoms with Crippen molar-refractivity contribution in [2.75, 3.05) is 19.1 Å². The summed E-state index contributed by atoms with van der Waals surface area (Å²) in [5.74, 6) is 0.908. The molecule has 0 saturated carbocycles. The first-order valence-electron chi connectivity index (χ1n) is 8.78. The molecule has 2 heterocycles. The lowest BCUT2D eigenvalue weighted by Crippen LogP contribution is -2.49. The first-order valence-corrected chi connectivity index (χ1v) is 9.60. The number of hydrogen-bond donors (Lipinski definition) is 0. The van der Waals surface area contributed by atoms with Gasteiger partial charge in [-0.05, 0) is 36.4 Å². The number of anilines is 1. The van der Waals surface area contributed by atoms with Crippen LogP contribution in [0, 0.1) is 10.1 Å². The van der Waals surface area contributed by atoms with Crippen LogP contribution in [0.2, 0.25) is 0 Å². The van der Waals surface area contributed by atoms with Crippen LogP contribution in [-0.2, 0) is 0 Å². The van der Waals surface area contributed by atoms with Gasteiger partial charge in [0, 0.05) is 29.1 Å². The topological polar surface area (TPSA) is 64.8 Å². The number of nitro groups is 1. The van der Waals surface area contributed by atoms with Crippen LogP contribution in [0.5, 0.6) is 11.5 Å². The van der Waals surface area contributed by atoms with Crippen molar-refractivity contribution in [3.63, 3.8) is 0 Å². The Hall–Kier alpha value is -2.67. The van der Waals surface area contributed by atoms with Crippen molar-refractivity contribution in [2.24, 2.45) is 0 Å². The number of benzene rings is 2. The fourth-order valence-corrected chi connectivity index (χ4v) is 5.04. The van der Waals surface area contributed by atoms with Crippen molar-refractivity contribution in [1.82, 2.24) is 0 Å². The van der Waals surface area contributed by atoms with E-state index in [1.54, 1.807) is 17.8 Å². The first-order chi connectivity index (χ1) is 13.0. The molecule has 0 amide bonds. The molecule has 2 aliphatic heterocycles. The summed E-state index contributed by atoms with van der Waals surface area (Å²) in [5.41, 5.74) is 2.87. The summed E-state index contributed by atoms with van der Waals surface area (Å²) in [6.45, 7) is 2.12. The van der Waals surface area contributed by atoms with Crippen LogP contribution < -0.4 is 14.4 Å². The van der Waals surface area contributed by atoms with E-state index in [9.17, 15) is 10.1 Å². The molecule has 7 heteroatoms. The van der Waals surface area contributed by atoms with Gasteiger partial charge < -0.3 is 14.4 Å². The smallest absolute Gasteiger partial charge is 0.274 e. The molecule has 1 atom stereocenters. The molecule has 0 saturated heterocycles. The molecular formula is C20H20N2O4S. The van der Waals surface area contributed by atoms with Gasteiger partial charge in [0.1, 0.15) is 0 Å². The standard InChI is InChI=1S/C20H20N2O4S/c1-4-7-14-10-13-11-15(22(23)24)12-17(25-3)19(13)26-20(14)21(2)16-8-5-6-9-18(16)27-20/h5-6,8-12H,4,7H2,1-3H3. The molecule has 2 aliphatic rings. The quantitative estimate of drug-likeness (QED) is 0.541. The lowest BCUT2D eigenvalue weighted by atomic mass is 9.99. The van der Waals surface area contributed by atoms with Crippen LogP contribution in [0.1, 0.15) is 25.3 Å². The van der Waals surface area contributed by atoms with Crippen molar-refractivity contribution in [3.05, 3.63) is 57.6 Å². The minimum atomic E-state index is -0.712. The van der Waals surface area contributed by atoms with E-state index in [1.165, 1.54) is 13.2 Å². The van der Waals surface area contributed by atoms with E-state index in [0.717, 1.165) is 29.0 Å². The second kappa shape index (κ2) is 6.49. The monoisotopic (exact) mass is 384 g/mol. The molecule has 0 N–H and O–H groups in total. The SMILES string of the molecule is CCCC1=Cc2cc([N+](=O)[O-])cc(OC)c2OC12Sc1ccccc1N2C. The summed E-state index contributed by atoms with van der Waals surface area (Å²) in [4.78, 5) is 14.2. The highest BCUT2D eigenvalue weighted by molar-refractivity contribution is 8.01. The average Bonchev–Trinajstić information content (AvgIpc) is 2.94. The summed E-state index contributed by atoms with van der Waals surface area (Å²) in [5, 5.41) is 10.6. The van der Waals surface area contributed by atoms with E-state index in [0.29, 0.717) is 17.1 Å². The number of fused-ring (bicyclic) bond motifs is 2. The molecule has 4 rings (SSSR count). The molecule has 0 fully saturated rings. The Kier molecular flexibility index (Phi) is 4.26. The van der Waals surface area contributed by atoms with Crippen molar-refractivity contribution >= 4 is 29.2 Å². The molecule has 1 unspecified atom stereocenters. The molecule has 0 aromatic heterocycles. The zero-order valence-electron chi connectivity index (χ0n) is 15.4. The lowest BCUT2D eigenvalue weighted by Gasteiger charge is -2.41. The number of hydrogen-bond acceptors (Lipinski definition) is 6. The normalized spacial score (nSPS) is 20.0. The van der Waals surface area contributed by atoms with Crippen LogP contribution in [0.15, 0.2) is 46.9 Å². The van der Waals surface area contributed by atoms with Gasteiger partial charge in [-0.3, -0.25) is 10.1 Å². The highest BCUT2D eigenvalue weighted by Crippen LogP contribution is 2.58. The van der Waals surface area contributed by atoms with E-state index in [2.05, 4.69) is 24.0 Å². The molecule has 2 aromatic carbocycles. The second-order valence-corrected chi connectivity index (χ2v) is 7.75. The Bertz CT molecular complexity index is 959. The van der Waals surface area contributed by atoms with E-state index in [1.807, 2.05) is 25.3 Å². The number of thioether (sulfide) groups is 1. The second-order valence-electron chi connectivity index (χ2n) is 6.56. The van der Waals surface area contributed by atoms with Crippen LogP contribution in [0.25, 0.3) is 6.08 Å². The zero-order valence-corrected chi connectivity index (χ0v) is 16.2. The van der Waals surface area contributed by atoms with Crippen LogP contribution >= 0.6 is 11.8 Å². The molecule has 1 spiro atoms. The number of para-hydroxylation sites is 1. The number of non-ortho nitro benzene ring substituents is 1. The molecule has 6 nitrogen and oxygen atoms in total. The van der Waals surface area contributed by atoms with Crippen molar-refractivity contribution in [3.8, 4) is 11.5 Å². The molecule has 2 aromatic rings. The van der Waals surface area contributed by atoms with Gasteiger partial charge in [0.15, 0.2) is 11.5 Å². The fraction of sp³-hybridized carbons (Fsp3) is 0.300. The molecule has 0 radical (unpaired) electrons. The zero-order chi connectivity index (χ0) is 19.2. The van der Waals surface area contributed by atoms with Gasteiger partial charge in [0.25, 0.3) is 10.7 Å². The van der Waals surface area contributed by atoms with E-state index in [-0.39, 0.29) is 5.69 Å². The molecular weight excluding hydrogens is 364 g/mol. The molecule has 27 heavy (non-hydrogen) atoms. The maximum atomic E-state index is 11.3. The van der Waals surface area contributed by atoms with E-state index in [4.69, 9.17) is 9.47 Å². The van der Waals surface area contributed by atoms with Gasteiger partial charge in [0.2, 0.25) is 0 Å². The lowest BCUT2D eigenvalue weighted by molar-refractivity contribution is -0.385. The van der Waals surface area contributed by atoms with Gasteiger partial charge in [-0.15, -0.1) is 0 Å². The largest absolute Gasteiger partial charge is 0.493 e. The molecule has 0 bridgehead atoms. The summed E-state index contributed by atoms with van der Waals surface area (Å²) in [7, 11) is 3.52. The number of methoxy groups -OCH3 is 1. The minimum absolute atomic E-state index is 0.00651. The first kappa shape index (κ1) is 17.7. The third-order valence-corrected chi connectivity index (χ3v) is 6.37. The summed E-state index contributed by atoms with van der Waals surface area (Å²) in [6.07, 6.45) is 3.80. The number of likely N-dealkylation sites (N-methyl/N-ethyl adjacent to an activating group) is 1. The van der Waals surface area contributed by atoms with Crippen LogP contribution in [-0.4, -0.2) is 24.1 Å². The highest BCUT2D eigenvalue weighted by atomic mass is 32.2. The third kappa shape index (κ3) is 2.65. The van der Waals surface area contributed by atoms with Gasteiger partial charge >= 0.3 is 0 Å². The Morgan fingerprint density at radius 3 is 2.78 bits per heavy atom. The summed E-state index contributed by atoms with van der Waals surface area (Å²) in [6, 6.07) is 11.2. The Labute approximate surface area is 161 Å². The number of nitro benzene ring substituents is 1. The van der Waals surface area contributed by atoms with Crippen LogP contribution in [0.3, 0.4) is 0 Å². The Morgan fingerprint density at radius 1 is 1.33 bits per heavy atom. The van der Waals surface area contributed by atoms with E-state index >= 15 is 0 Å². The van der Waals surface area contributed by atoms with Gasteiger partial charge in [0.05, 0.1) is 23.8 Å². The minimum Gasteiger partial charge on any atom is -0.493 e. The van der Waals surface area contributed by atoms with Gasteiger partial charge in [-0.1, -0.05) is 25.5 Å².